The van der Waals surface area contributed by atoms with Crippen molar-refractivity contribution in [1.82, 2.24) is 0 Å². The number of ether oxygens (including phenoxy) is 1. The minimum atomic E-state index is -0.775. The number of nitrogens with one attached hydrogen (secondary N) is 1. The number of nitro benzene ring substituents is 2. The van der Waals surface area contributed by atoms with Gasteiger partial charge in [-0.05, 0) is 44.6 Å². The monoisotopic (exact) mass is 447 g/mol. The fourth-order valence-corrected chi connectivity index (χ4v) is 5.02. The van der Waals surface area contributed by atoms with Crippen molar-refractivity contribution in [2.24, 2.45) is 5.92 Å². The Morgan fingerprint density at radius 1 is 1.23 bits per heavy atom. The lowest BCUT2D eigenvalue weighted by Crippen LogP contribution is -2.17. The third kappa shape index (κ3) is 4.41. The van der Waals surface area contributed by atoms with Crippen LogP contribution in [0.15, 0.2) is 12.1 Å². The van der Waals surface area contributed by atoms with Gasteiger partial charge in [0.1, 0.15) is 10.6 Å². The molecule has 3 rings (SSSR count). The van der Waals surface area contributed by atoms with Crippen molar-refractivity contribution in [2.75, 3.05) is 11.9 Å². The van der Waals surface area contributed by atoms with Crippen LogP contribution in [0.2, 0.25) is 0 Å². The van der Waals surface area contributed by atoms with Crippen LogP contribution in [0.4, 0.5) is 16.4 Å². The molecule has 1 amide bonds. The summed E-state index contributed by atoms with van der Waals surface area (Å²) in [5.41, 5.74) is -0.289. The van der Waals surface area contributed by atoms with Gasteiger partial charge in [-0.2, -0.15) is 0 Å². The van der Waals surface area contributed by atoms with Crippen molar-refractivity contribution in [2.45, 2.75) is 40.0 Å². The maximum absolute atomic E-state index is 12.9. The van der Waals surface area contributed by atoms with Gasteiger partial charge in [-0.15, -0.1) is 11.3 Å². The van der Waals surface area contributed by atoms with Gasteiger partial charge in [0.25, 0.3) is 17.3 Å². The molecule has 1 atom stereocenters. The number of thiophene rings is 1. The highest BCUT2D eigenvalue weighted by atomic mass is 32.1. The predicted octanol–water partition coefficient (Wildman–Crippen LogP) is 4.43. The Labute approximate surface area is 181 Å². The molecule has 1 heterocycles. The number of anilines is 1. The van der Waals surface area contributed by atoms with Crippen LogP contribution in [0.5, 0.6) is 0 Å². The third-order valence-electron chi connectivity index (χ3n) is 5.23. The largest absolute Gasteiger partial charge is 0.462 e. The van der Waals surface area contributed by atoms with Gasteiger partial charge >= 0.3 is 5.97 Å². The summed E-state index contributed by atoms with van der Waals surface area (Å²) in [5, 5.41) is 25.5. The molecule has 11 heteroatoms. The molecule has 0 fully saturated rings. The van der Waals surface area contributed by atoms with Gasteiger partial charge < -0.3 is 10.1 Å². The SMILES string of the molecule is CCOC(=O)c1c(NC(=O)c2cc([N+](=O)[O-])c(C)c([N+](=O)[O-])c2)sc2c1CCC(C)C2. The normalized spacial score (nSPS) is 15.1. The first-order chi connectivity index (χ1) is 14.6. The molecular formula is C20H21N3O7S. The van der Waals surface area contributed by atoms with E-state index in [1.54, 1.807) is 6.92 Å². The van der Waals surface area contributed by atoms with Crippen LogP contribution >= 0.6 is 11.3 Å². The van der Waals surface area contributed by atoms with Crippen molar-refractivity contribution in [1.29, 1.82) is 0 Å². The van der Waals surface area contributed by atoms with E-state index in [1.165, 1.54) is 18.3 Å². The number of esters is 1. The molecule has 0 spiro atoms. The highest BCUT2D eigenvalue weighted by Gasteiger charge is 2.30. The maximum atomic E-state index is 12.9. The van der Waals surface area contributed by atoms with Crippen molar-refractivity contribution < 1.29 is 24.2 Å². The summed E-state index contributed by atoms with van der Waals surface area (Å²) in [7, 11) is 0. The standard InChI is InChI=1S/C20H21N3O7S/c1-4-30-20(25)17-13-6-5-10(2)7-16(13)31-19(17)21-18(24)12-8-14(22(26)27)11(3)15(9-12)23(28)29/h8-10H,4-7H2,1-3H3,(H,21,24). The second kappa shape index (κ2) is 8.80. The second-order valence-electron chi connectivity index (χ2n) is 7.38. The van der Waals surface area contributed by atoms with E-state index in [2.05, 4.69) is 12.2 Å². The van der Waals surface area contributed by atoms with Crippen molar-refractivity contribution in [3.05, 3.63) is 59.5 Å². The molecule has 0 saturated heterocycles. The Hall–Kier alpha value is -3.34. The molecule has 1 N–H and O–H groups in total. The number of nitro groups is 2. The fraction of sp³-hybridized carbons (Fsp3) is 0.400. The van der Waals surface area contributed by atoms with E-state index in [1.807, 2.05) is 0 Å². The average Bonchev–Trinajstić information content (AvgIpc) is 3.04. The van der Waals surface area contributed by atoms with E-state index < -0.39 is 33.1 Å². The van der Waals surface area contributed by atoms with Crippen LogP contribution in [-0.2, 0) is 17.6 Å². The van der Waals surface area contributed by atoms with Gasteiger partial charge in [0.05, 0.1) is 27.6 Å². The number of hydrogen-bond acceptors (Lipinski definition) is 8. The fourth-order valence-electron chi connectivity index (χ4n) is 3.63. The van der Waals surface area contributed by atoms with E-state index in [9.17, 15) is 29.8 Å². The lowest BCUT2D eigenvalue weighted by Gasteiger charge is -2.18. The number of carbonyl (C=O) groups is 2. The predicted molar refractivity (Wildman–Crippen MR) is 114 cm³/mol. The minimum absolute atomic E-state index is 0.140. The zero-order chi connectivity index (χ0) is 22.9. The van der Waals surface area contributed by atoms with Crippen molar-refractivity contribution in [3.63, 3.8) is 0 Å². The first-order valence-corrected chi connectivity index (χ1v) is 10.5. The quantitative estimate of drug-likeness (QED) is 0.392. The molecule has 0 saturated carbocycles. The molecule has 1 aliphatic carbocycles. The third-order valence-corrected chi connectivity index (χ3v) is 6.40. The zero-order valence-electron chi connectivity index (χ0n) is 17.2. The molecule has 0 aliphatic heterocycles. The first kappa shape index (κ1) is 22.3. The lowest BCUT2D eigenvalue weighted by molar-refractivity contribution is -0.395. The van der Waals surface area contributed by atoms with E-state index in [-0.39, 0.29) is 22.7 Å². The Bertz CT molecular complexity index is 1060. The van der Waals surface area contributed by atoms with Crippen LogP contribution in [0.25, 0.3) is 0 Å². The lowest BCUT2D eigenvalue weighted by atomic mass is 9.88. The molecular weight excluding hydrogens is 426 g/mol. The molecule has 1 aliphatic rings. The summed E-state index contributed by atoms with van der Waals surface area (Å²) in [5.74, 6) is -0.888. The molecule has 2 aromatic rings. The van der Waals surface area contributed by atoms with Crippen LogP contribution in [-0.4, -0.2) is 28.3 Å². The summed E-state index contributed by atoms with van der Waals surface area (Å²) in [6, 6.07) is 1.99. The highest BCUT2D eigenvalue weighted by Crippen LogP contribution is 2.40. The Kier molecular flexibility index (Phi) is 6.34. The van der Waals surface area contributed by atoms with Crippen LogP contribution in [0, 0.1) is 33.1 Å². The van der Waals surface area contributed by atoms with Crippen LogP contribution in [0.3, 0.4) is 0 Å². The van der Waals surface area contributed by atoms with Crippen molar-refractivity contribution >= 4 is 39.6 Å². The number of benzene rings is 1. The number of nitrogens with zero attached hydrogens (tertiary/aromatic N) is 2. The molecule has 1 unspecified atom stereocenters. The van der Waals surface area contributed by atoms with Crippen LogP contribution in [0.1, 0.15) is 57.0 Å². The van der Waals surface area contributed by atoms with Gasteiger partial charge in [0.15, 0.2) is 0 Å². The number of amides is 1. The maximum Gasteiger partial charge on any atom is 0.341 e. The number of hydrogen-bond donors (Lipinski definition) is 1. The summed E-state index contributed by atoms with van der Waals surface area (Å²) < 4.78 is 5.16. The first-order valence-electron chi connectivity index (χ1n) is 9.70. The van der Waals surface area contributed by atoms with E-state index >= 15 is 0 Å². The van der Waals surface area contributed by atoms with E-state index in [4.69, 9.17) is 4.74 Å². The zero-order valence-corrected chi connectivity index (χ0v) is 18.0. The topological polar surface area (TPSA) is 142 Å². The van der Waals surface area contributed by atoms with Gasteiger partial charge in [0, 0.05) is 17.0 Å². The summed E-state index contributed by atoms with van der Waals surface area (Å²) in [6.07, 6.45) is 2.35. The molecule has 164 valence electrons. The number of fused-ring (bicyclic) bond motifs is 1. The number of rotatable bonds is 6. The molecule has 0 bridgehead atoms. The van der Waals surface area contributed by atoms with Crippen LogP contribution < -0.4 is 5.32 Å². The molecule has 1 aromatic carbocycles. The Morgan fingerprint density at radius 3 is 2.39 bits per heavy atom. The molecule has 0 radical (unpaired) electrons. The summed E-state index contributed by atoms with van der Waals surface area (Å²) >= 11 is 1.27. The van der Waals surface area contributed by atoms with E-state index in [0.717, 1.165) is 35.4 Å². The second-order valence-corrected chi connectivity index (χ2v) is 8.49. The number of carbonyl (C=O) groups excluding carboxylic acids is 2. The van der Waals surface area contributed by atoms with Gasteiger partial charge in [-0.3, -0.25) is 25.0 Å². The van der Waals surface area contributed by atoms with Gasteiger partial charge in [0.2, 0.25) is 0 Å². The molecule has 10 nitrogen and oxygen atoms in total. The smallest absolute Gasteiger partial charge is 0.341 e. The highest BCUT2D eigenvalue weighted by molar-refractivity contribution is 7.17. The van der Waals surface area contributed by atoms with Gasteiger partial charge in [-0.1, -0.05) is 6.92 Å². The summed E-state index contributed by atoms with van der Waals surface area (Å²) in [4.78, 5) is 47.5. The van der Waals surface area contributed by atoms with E-state index in [0.29, 0.717) is 17.9 Å². The Morgan fingerprint density at radius 2 is 1.84 bits per heavy atom. The van der Waals surface area contributed by atoms with Crippen molar-refractivity contribution in [3.8, 4) is 0 Å². The minimum Gasteiger partial charge on any atom is -0.462 e. The molecule has 1 aromatic heterocycles. The Balaban J connectivity index is 2.03. The van der Waals surface area contributed by atoms with Gasteiger partial charge in [-0.25, -0.2) is 4.79 Å². The molecule has 31 heavy (non-hydrogen) atoms. The average molecular weight is 447 g/mol. The summed E-state index contributed by atoms with van der Waals surface area (Å²) in [6.45, 7) is 5.21.